The summed E-state index contributed by atoms with van der Waals surface area (Å²) in [6, 6.07) is 1.15. The lowest BCUT2D eigenvalue weighted by molar-refractivity contribution is -0.0527. The predicted molar refractivity (Wildman–Crippen MR) is 57.5 cm³/mol. The molecule has 2 heterocycles. The van der Waals surface area contributed by atoms with Crippen molar-refractivity contribution in [3.05, 3.63) is 45.3 Å². The van der Waals surface area contributed by atoms with Gasteiger partial charge in [-0.3, -0.25) is 14.3 Å². The lowest BCUT2D eigenvalue weighted by Gasteiger charge is -2.16. The van der Waals surface area contributed by atoms with Crippen molar-refractivity contribution in [3.8, 4) is 0 Å². The normalized spacial score (nSPS) is 28.6. The summed E-state index contributed by atoms with van der Waals surface area (Å²) in [6.07, 6.45) is -1.57. The van der Waals surface area contributed by atoms with Crippen molar-refractivity contribution in [2.24, 2.45) is 0 Å². The second-order valence-corrected chi connectivity index (χ2v) is 3.74. The van der Waals surface area contributed by atoms with Crippen molar-refractivity contribution < 1.29 is 14.9 Å². The first-order valence-corrected chi connectivity index (χ1v) is 4.99. The molecule has 17 heavy (non-hydrogen) atoms. The minimum Gasteiger partial charge on any atom is -0.393 e. The van der Waals surface area contributed by atoms with Gasteiger partial charge in [-0.25, -0.2) is 4.79 Å². The first-order chi connectivity index (χ1) is 8.04. The molecule has 2 rings (SSSR count). The summed E-state index contributed by atoms with van der Waals surface area (Å²) in [4.78, 5) is 24.4. The van der Waals surface area contributed by atoms with E-state index in [1.807, 2.05) is 0 Å². The number of hydrogen-bond donors (Lipinski definition) is 3. The zero-order chi connectivity index (χ0) is 12.6. The number of H-pyrrole nitrogens is 1. The molecule has 0 radical (unpaired) electrons. The number of aromatic nitrogens is 2. The molecule has 7 nitrogen and oxygen atoms in total. The minimum absolute atomic E-state index is 0.301. The van der Waals surface area contributed by atoms with E-state index in [1.54, 1.807) is 0 Å². The Morgan fingerprint density at radius 1 is 1.53 bits per heavy atom. The topological polar surface area (TPSA) is 105 Å². The van der Waals surface area contributed by atoms with E-state index in [2.05, 4.69) is 11.6 Å². The largest absolute Gasteiger partial charge is 0.393 e. The molecule has 1 aromatic rings. The molecule has 3 N–H and O–H groups in total. The third-order valence-corrected chi connectivity index (χ3v) is 2.66. The van der Waals surface area contributed by atoms with Crippen molar-refractivity contribution in [3.63, 3.8) is 0 Å². The Morgan fingerprint density at radius 3 is 2.76 bits per heavy atom. The van der Waals surface area contributed by atoms with E-state index >= 15 is 0 Å². The van der Waals surface area contributed by atoms with Crippen molar-refractivity contribution >= 4 is 0 Å². The lowest BCUT2D eigenvalue weighted by atomic mass is 10.1. The molecule has 0 bridgehead atoms. The summed E-state index contributed by atoms with van der Waals surface area (Å²) in [6.45, 7) is 3.26. The van der Waals surface area contributed by atoms with Gasteiger partial charge in [0.25, 0.3) is 5.56 Å². The molecule has 92 valence electrons. The molecule has 0 amide bonds. The number of aliphatic hydroxyl groups excluding tert-OH is 2. The Balaban J connectivity index is 2.39. The van der Waals surface area contributed by atoms with Crippen molar-refractivity contribution in [1.82, 2.24) is 9.55 Å². The zero-order valence-electron chi connectivity index (χ0n) is 8.87. The molecule has 7 heteroatoms. The molecule has 1 aromatic heterocycles. The van der Waals surface area contributed by atoms with E-state index in [9.17, 15) is 14.7 Å². The van der Waals surface area contributed by atoms with Gasteiger partial charge in [-0.15, -0.1) is 0 Å². The second-order valence-electron chi connectivity index (χ2n) is 3.74. The fourth-order valence-electron chi connectivity index (χ4n) is 1.71. The SMILES string of the molecule is C=C1[C@H](CO)OC(n2ccc(=O)[nH]c2=O)[C@@H]1O. The van der Waals surface area contributed by atoms with Crippen LogP contribution in [0.25, 0.3) is 0 Å². The average molecular weight is 240 g/mol. The number of ether oxygens (including phenoxy) is 1. The quantitative estimate of drug-likeness (QED) is 0.537. The molecule has 0 spiro atoms. The van der Waals surface area contributed by atoms with E-state index in [4.69, 9.17) is 9.84 Å². The molecule has 0 aromatic carbocycles. The van der Waals surface area contributed by atoms with Crippen molar-refractivity contribution in [2.75, 3.05) is 6.61 Å². The van der Waals surface area contributed by atoms with Crippen LogP contribution in [-0.2, 0) is 4.74 Å². The summed E-state index contributed by atoms with van der Waals surface area (Å²) < 4.78 is 6.33. The van der Waals surface area contributed by atoms with E-state index in [0.717, 1.165) is 10.6 Å². The fraction of sp³-hybridized carbons (Fsp3) is 0.400. The van der Waals surface area contributed by atoms with Gasteiger partial charge in [0.15, 0.2) is 6.23 Å². The van der Waals surface area contributed by atoms with Gasteiger partial charge in [0.05, 0.1) is 6.61 Å². The Labute approximate surface area is 95.6 Å². The van der Waals surface area contributed by atoms with Gasteiger partial charge in [-0.1, -0.05) is 6.58 Å². The number of nitrogens with one attached hydrogen (secondary N) is 1. The van der Waals surface area contributed by atoms with Crippen LogP contribution in [0.1, 0.15) is 6.23 Å². The number of rotatable bonds is 2. The van der Waals surface area contributed by atoms with Crippen LogP contribution in [0.4, 0.5) is 0 Å². The van der Waals surface area contributed by atoms with Crippen LogP contribution in [-0.4, -0.2) is 38.6 Å². The maximum Gasteiger partial charge on any atom is 0.330 e. The van der Waals surface area contributed by atoms with Crippen LogP contribution in [0.5, 0.6) is 0 Å². The summed E-state index contributed by atoms with van der Waals surface area (Å²) in [5.74, 6) is 0. The Kier molecular flexibility index (Phi) is 2.97. The van der Waals surface area contributed by atoms with E-state index in [0.29, 0.717) is 5.57 Å². The first kappa shape index (κ1) is 11.8. The highest BCUT2D eigenvalue weighted by atomic mass is 16.5. The highest BCUT2D eigenvalue weighted by molar-refractivity contribution is 5.15. The van der Waals surface area contributed by atoms with Crippen molar-refractivity contribution in [2.45, 2.75) is 18.4 Å². The number of nitrogens with zero attached hydrogens (tertiary/aromatic N) is 1. The molecular weight excluding hydrogens is 228 g/mol. The van der Waals surface area contributed by atoms with E-state index < -0.39 is 29.7 Å². The molecule has 1 aliphatic heterocycles. The molecule has 0 aliphatic carbocycles. The van der Waals surface area contributed by atoms with Crippen LogP contribution < -0.4 is 11.2 Å². The summed E-state index contributed by atoms with van der Waals surface area (Å²) >= 11 is 0. The number of aliphatic hydroxyl groups is 2. The maximum atomic E-state index is 11.5. The maximum absolute atomic E-state index is 11.5. The predicted octanol–water partition coefficient (Wildman–Crippen LogP) is -1.66. The summed E-state index contributed by atoms with van der Waals surface area (Å²) in [7, 11) is 0. The molecule has 1 fully saturated rings. The third kappa shape index (κ3) is 1.95. The van der Waals surface area contributed by atoms with Crippen LogP contribution in [0.15, 0.2) is 34.0 Å². The highest BCUT2D eigenvalue weighted by Gasteiger charge is 2.38. The van der Waals surface area contributed by atoms with Crippen LogP contribution in [0.3, 0.4) is 0 Å². The zero-order valence-corrected chi connectivity index (χ0v) is 8.87. The van der Waals surface area contributed by atoms with Gasteiger partial charge >= 0.3 is 5.69 Å². The van der Waals surface area contributed by atoms with Gasteiger partial charge < -0.3 is 14.9 Å². The summed E-state index contributed by atoms with van der Waals surface area (Å²) in [5.41, 5.74) is -0.917. The molecule has 1 saturated heterocycles. The molecule has 1 aliphatic rings. The van der Waals surface area contributed by atoms with Crippen LogP contribution >= 0.6 is 0 Å². The molecule has 1 unspecified atom stereocenters. The van der Waals surface area contributed by atoms with Crippen molar-refractivity contribution in [1.29, 1.82) is 0 Å². The van der Waals surface area contributed by atoms with E-state index in [1.165, 1.54) is 6.20 Å². The third-order valence-electron chi connectivity index (χ3n) is 2.66. The van der Waals surface area contributed by atoms with Crippen LogP contribution in [0.2, 0.25) is 0 Å². The highest BCUT2D eigenvalue weighted by Crippen LogP contribution is 2.30. The number of hydrogen-bond acceptors (Lipinski definition) is 5. The van der Waals surface area contributed by atoms with Gasteiger partial charge in [-0.05, 0) is 5.57 Å². The average Bonchev–Trinajstić information content (AvgIpc) is 2.57. The Morgan fingerprint density at radius 2 is 2.24 bits per heavy atom. The fourth-order valence-corrected chi connectivity index (χ4v) is 1.71. The Bertz CT molecular complexity index is 546. The smallest absolute Gasteiger partial charge is 0.330 e. The lowest BCUT2D eigenvalue weighted by Crippen LogP contribution is -2.35. The van der Waals surface area contributed by atoms with Gasteiger partial charge in [-0.2, -0.15) is 0 Å². The molecule has 0 saturated carbocycles. The minimum atomic E-state index is -1.10. The first-order valence-electron chi connectivity index (χ1n) is 4.99. The van der Waals surface area contributed by atoms with Crippen LogP contribution in [0, 0.1) is 0 Å². The number of aromatic amines is 1. The molecular formula is C10H12N2O5. The monoisotopic (exact) mass is 240 g/mol. The van der Waals surface area contributed by atoms with Gasteiger partial charge in [0, 0.05) is 12.3 Å². The Hall–Kier alpha value is -1.70. The molecule has 3 atom stereocenters. The second kappa shape index (κ2) is 4.28. The van der Waals surface area contributed by atoms with Gasteiger partial charge in [0.1, 0.15) is 12.2 Å². The standard InChI is InChI=1S/C10H12N2O5/c1-5-6(4-13)17-9(8(5)15)12-3-2-7(14)11-10(12)16/h2-3,6,8-9,13,15H,1,4H2,(H,11,14,16)/t6-,8+,9?/m0/s1. The summed E-state index contributed by atoms with van der Waals surface area (Å²) in [5, 5.41) is 18.8. The van der Waals surface area contributed by atoms with E-state index in [-0.39, 0.29) is 6.61 Å². The van der Waals surface area contributed by atoms with Gasteiger partial charge in [0.2, 0.25) is 0 Å².